The zero-order chi connectivity index (χ0) is 10.7. The van der Waals surface area contributed by atoms with Crippen LogP contribution in [0.5, 0.6) is 0 Å². The van der Waals surface area contributed by atoms with Crippen molar-refractivity contribution in [3.05, 3.63) is 23.2 Å². The first kappa shape index (κ1) is 10.7. The summed E-state index contributed by atoms with van der Waals surface area (Å²) in [5, 5.41) is 0. The summed E-state index contributed by atoms with van der Waals surface area (Å²) in [6, 6.07) is 1.99. The van der Waals surface area contributed by atoms with Gasteiger partial charge in [0.15, 0.2) is 0 Å². The molecule has 1 fully saturated rings. The quantitative estimate of drug-likeness (QED) is 0.732. The van der Waals surface area contributed by atoms with Gasteiger partial charge in [-0.15, -0.1) is 0 Å². The first-order valence-electron chi connectivity index (χ1n) is 5.65. The molecule has 0 spiro atoms. The minimum atomic E-state index is 0.539. The summed E-state index contributed by atoms with van der Waals surface area (Å²) in [5.41, 5.74) is 6.65. The molecule has 0 bridgehead atoms. The first-order valence-corrected chi connectivity index (χ1v) is 5.65. The topological polar surface area (TPSA) is 48.4 Å². The number of hydrogen-bond acceptors (Lipinski definition) is 3. The highest BCUT2D eigenvalue weighted by Crippen LogP contribution is 2.32. The molecule has 1 aromatic rings. The average Bonchev–Trinajstić information content (AvgIpc) is 2.97. The fraction of sp³-hybridized carbons (Fsp3) is 0.667. The molecule has 1 heterocycles. The van der Waals surface area contributed by atoms with Gasteiger partial charge < -0.3 is 14.9 Å². The number of hydrogen-bond donors (Lipinski definition) is 1. The fourth-order valence-corrected chi connectivity index (χ4v) is 1.69. The van der Waals surface area contributed by atoms with Crippen LogP contribution in [0.25, 0.3) is 0 Å². The molecule has 3 nitrogen and oxygen atoms in total. The molecule has 2 N–H and O–H groups in total. The lowest BCUT2D eigenvalue weighted by Crippen LogP contribution is -1.96. The van der Waals surface area contributed by atoms with Crippen LogP contribution in [0.4, 0.5) is 0 Å². The third-order valence-corrected chi connectivity index (χ3v) is 2.90. The van der Waals surface area contributed by atoms with Crippen molar-refractivity contribution in [1.82, 2.24) is 0 Å². The Bertz CT molecular complexity index is 315. The summed E-state index contributed by atoms with van der Waals surface area (Å²) in [7, 11) is 0. The van der Waals surface area contributed by atoms with Crippen molar-refractivity contribution in [3.63, 3.8) is 0 Å². The minimum absolute atomic E-state index is 0.539. The molecular weight excluding hydrogens is 190 g/mol. The Hall–Kier alpha value is -0.800. The van der Waals surface area contributed by atoms with E-state index < -0.39 is 0 Å². The Morgan fingerprint density at radius 1 is 1.53 bits per heavy atom. The van der Waals surface area contributed by atoms with Gasteiger partial charge in [0, 0.05) is 18.7 Å². The number of aryl methyl sites for hydroxylation is 1. The Morgan fingerprint density at radius 2 is 2.33 bits per heavy atom. The van der Waals surface area contributed by atoms with Crippen LogP contribution >= 0.6 is 0 Å². The lowest BCUT2D eigenvalue weighted by atomic mass is 10.2. The van der Waals surface area contributed by atoms with Gasteiger partial charge in [0.1, 0.15) is 18.1 Å². The molecule has 2 rings (SSSR count). The third kappa shape index (κ3) is 3.08. The molecule has 0 unspecified atom stereocenters. The largest absolute Gasteiger partial charge is 0.464 e. The number of rotatable bonds is 6. The van der Waals surface area contributed by atoms with Gasteiger partial charge in [-0.05, 0) is 25.3 Å². The van der Waals surface area contributed by atoms with E-state index in [1.807, 2.05) is 13.0 Å². The summed E-state index contributed by atoms with van der Waals surface area (Å²) < 4.78 is 11.1. The standard InChI is InChI=1S/C12H19NO2/c1-9-11(7-13)6-12(15-9)8-14-5-4-10-2-3-10/h6,10H,2-5,7-8,13H2,1H3. The zero-order valence-corrected chi connectivity index (χ0v) is 9.29. The maximum absolute atomic E-state index is 5.57. The third-order valence-electron chi connectivity index (χ3n) is 2.90. The van der Waals surface area contributed by atoms with Gasteiger partial charge >= 0.3 is 0 Å². The van der Waals surface area contributed by atoms with Gasteiger partial charge in [0.05, 0.1) is 0 Å². The summed E-state index contributed by atoms with van der Waals surface area (Å²) in [6.07, 6.45) is 3.98. The first-order chi connectivity index (χ1) is 7.29. The second kappa shape index (κ2) is 4.81. The Balaban J connectivity index is 1.71. The molecule has 1 aliphatic rings. The van der Waals surface area contributed by atoms with E-state index in [0.29, 0.717) is 13.2 Å². The maximum Gasteiger partial charge on any atom is 0.130 e. The molecule has 0 atom stereocenters. The highest BCUT2D eigenvalue weighted by atomic mass is 16.5. The SMILES string of the molecule is Cc1oc(COCCC2CC2)cc1CN. The molecular formula is C12H19NO2. The van der Waals surface area contributed by atoms with E-state index in [2.05, 4.69) is 0 Å². The second-order valence-corrected chi connectivity index (χ2v) is 4.28. The van der Waals surface area contributed by atoms with Crippen molar-refractivity contribution >= 4 is 0 Å². The van der Waals surface area contributed by atoms with Crippen molar-refractivity contribution in [2.75, 3.05) is 6.61 Å². The molecule has 84 valence electrons. The molecule has 0 aliphatic heterocycles. The van der Waals surface area contributed by atoms with E-state index in [9.17, 15) is 0 Å². The van der Waals surface area contributed by atoms with Crippen LogP contribution in [0.2, 0.25) is 0 Å². The van der Waals surface area contributed by atoms with E-state index in [-0.39, 0.29) is 0 Å². The monoisotopic (exact) mass is 209 g/mol. The Labute approximate surface area is 90.6 Å². The minimum Gasteiger partial charge on any atom is -0.464 e. The number of nitrogens with two attached hydrogens (primary N) is 1. The van der Waals surface area contributed by atoms with E-state index >= 15 is 0 Å². The van der Waals surface area contributed by atoms with E-state index in [1.165, 1.54) is 19.3 Å². The van der Waals surface area contributed by atoms with Crippen molar-refractivity contribution in [2.45, 2.75) is 39.3 Å². The number of ether oxygens (including phenoxy) is 1. The molecule has 0 aromatic carbocycles. The fourth-order valence-electron chi connectivity index (χ4n) is 1.69. The van der Waals surface area contributed by atoms with Crippen LogP contribution in [0.15, 0.2) is 10.5 Å². The van der Waals surface area contributed by atoms with E-state index in [0.717, 1.165) is 29.6 Å². The van der Waals surface area contributed by atoms with Crippen LogP contribution in [0, 0.1) is 12.8 Å². The maximum atomic E-state index is 5.57. The Kier molecular flexibility index (Phi) is 3.44. The predicted molar refractivity (Wildman–Crippen MR) is 58.3 cm³/mol. The lowest BCUT2D eigenvalue weighted by molar-refractivity contribution is 0.100. The van der Waals surface area contributed by atoms with Gasteiger partial charge in [0.25, 0.3) is 0 Å². The number of furan rings is 1. The van der Waals surface area contributed by atoms with Crippen LogP contribution < -0.4 is 5.73 Å². The van der Waals surface area contributed by atoms with Gasteiger partial charge in [0.2, 0.25) is 0 Å². The highest BCUT2D eigenvalue weighted by Gasteiger charge is 2.20. The summed E-state index contributed by atoms with van der Waals surface area (Å²) in [6.45, 7) is 3.91. The summed E-state index contributed by atoms with van der Waals surface area (Å²) in [5.74, 6) is 2.74. The molecule has 15 heavy (non-hydrogen) atoms. The average molecular weight is 209 g/mol. The molecule has 3 heteroatoms. The normalized spacial score (nSPS) is 15.9. The highest BCUT2D eigenvalue weighted by molar-refractivity contribution is 5.19. The van der Waals surface area contributed by atoms with Crippen molar-refractivity contribution < 1.29 is 9.15 Å². The van der Waals surface area contributed by atoms with Gasteiger partial charge in [-0.2, -0.15) is 0 Å². The molecule has 1 aromatic heterocycles. The van der Waals surface area contributed by atoms with Crippen LogP contribution in [0.3, 0.4) is 0 Å². The van der Waals surface area contributed by atoms with Gasteiger partial charge in [-0.1, -0.05) is 12.8 Å². The molecule has 1 aliphatic carbocycles. The molecule has 0 amide bonds. The van der Waals surface area contributed by atoms with Crippen molar-refractivity contribution in [2.24, 2.45) is 11.7 Å². The predicted octanol–water partition coefficient (Wildman–Crippen LogP) is 2.36. The van der Waals surface area contributed by atoms with Crippen LogP contribution in [-0.2, 0) is 17.9 Å². The second-order valence-electron chi connectivity index (χ2n) is 4.28. The molecule has 0 radical (unpaired) electrons. The van der Waals surface area contributed by atoms with Crippen LogP contribution in [-0.4, -0.2) is 6.61 Å². The van der Waals surface area contributed by atoms with Gasteiger partial charge in [-0.3, -0.25) is 0 Å². The molecule has 0 saturated heterocycles. The summed E-state index contributed by atoms with van der Waals surface area (Å²) >= 11 is 0. The zero-order valence-electron chi connectivity index (χ0n) is 9.29. The lowest BCUT2D eigenvalue weighted by Gasteiger charge is -2.00. The smallest absolute Gasteiger partial charge is 0.130 e. The Morgan fingerprint density at radius 3 is 2.93 bits per heavy atom. The van der Waals surface area contributed by atoms with Crippen LogP contribution in [0.1, 0.15) is 36.3 Å². The van der Waals surface area contributed by atoms with E-state index in [4.69, 9.17) is 14.9 Å². The van der Waals surface area contributed by atoms with Crippen molar-refractivity contribution in [1.29, 1.82) is 0 Å². The summed E-state index contributed by atoms with van der Waals surface area (Å²) in [4.78, 5) is 0. The van der Waals surface area contributed by atoms with Gasteiger partial charge in [-0.25, -0.2) is 0 Å². The van der Waals surface area contributed by atoms with Crippen molar-refractivity contribution in [3.8, 4) is 0 Å². The molecule has 1 saturated carbocycles. The van der Waals surface area contributed by atoms with E-state index in [1.54, 1.807) is 0 Å².